The molecular weight excluding hydrogens is 406 g/mol. The number of benzene rings is 1. The van der Waals surface area contributed by atoms with Crippen LogP contribution in [-0.2, 0) is 0 Å². The van der Waals surface area contributed by atoms with E-state index >= 15 is 0 Å². The summed E-state index contributed by atoms with van der Waals surface area (Å²) in [6, 6.07) is 4.18. The summed E-state index contributed by atoms with van der Waals surface area (Å²) in [5.74, 6) is -0.566. The molecule has 4 nitrogen and oxygen atoms in total. The summed E-state index contributed by atoms with van der Waals surface area (Å²) in [6.07, 6.45) is 0. The van der Waals surface area contributed by atoms with Gasteiger partial charge >= 0.3 is 0 Å². The second-order valence-corrected chi connectivity index (χ2v) is 5.11. The molecule has 0 saturated heterocycles. The molecule has 0 bridgehead atoms. The Morgan fingerprint density at radius 3 is 2.76 bits per heavy atom. The summed E-state index contributed by atoms with van der Waals surface area (Å²) >= 11 is 4.73. The van der Waals surface area contributed by atoms with Crippen LogP contribution in [0.15, 0.2) is 27.5 Å². The minimum atomic E-state index is -0.437. The monoisotopic (exact) mass is 410 g/mol. The predicted octanol–water partition coefficient (Wildman–Crippen LogP) is 2.65. The molecule has 1 heterocycles. The van der Waals surface area contributed by atoms with Crippen LogP contribution in [0.2, 0.25) is 0 Å². The smallest absolute Gasteiger partial charge is 0.268 e. The van der Waals surface area contributed by atoms with Crippen LogP contribution in [0, 0.1) is 9.39 Å². The number of nitrogens with one attached hydrogen (secondary N) is 1. The van der Waals surface area contributed by atoms with Gasteiger partial charge in [0.15, 0.2) is 0 Å². The van der Waals surface area contributed by atoms with Crippen molar-refractivity contribution in [1.82, 2.24) is 9.97 Å². The lowest BCUT2D eigenvalue weighted by Crippen LogP contribution is -2.12. The molecule has 0 aliphatic carbocycles. The molecule has 0 unspecified atom stereocenters. The average Bonchev–Trinajstić information content (AvgIpc) is 2.29. The first-order valence-corrected chi connectivity index (χ1v) is 6.30. The Bertz CT molecular complexity index is 645. The third kappa shape index (κ3) is 2.49. The van der Waals surface area contributed by atoms with Gasteiger partial charge in [0.1, 0.15) is 15.2 Å². The van der Waals surface area contributed by atoms with Gasteiger partial charge in [-0.15, -0.1) is 0 Å². The van der Waals surface area contributed by atoms with Gasteiger partial charge in [-0.2, -0.15) is 4.98 Å². The van der Waals surface area contributed by atoms with Crippen LogP contribution in [0.4, 0.5) is 4.39 Å². The minimum absolute atomic E-state index is 0.118. The molecule has 1 aromatic carbocycles. The van der Waals surface area contributed by atoms with Crippen molar-refractivity contribution in [2.24, 2.45) is 0 Å². The molecule has 1 aromatic heterocycles. The highest BCUT2D eigenvalue weighted by Gasteiger charge is 2.10. The Kier molecular flexibility index (Phi) is 3.48. The molecule has 0 spiro atoms. The molecule has 7 heteroatoms. The van der Waals surface area contributed by atoms with Crippen molar-refractivity contribution in [3.8, 4) is 17.3 Å². The van der Waals surface area contributed by atoms with Crippen molar-refractivity contribution in [1.29, 1.82) is 0 Å². The van der Waals surface area contributed by atoms with Gasteiger partial charge in [-0.25, -0.2) is 4.39 Å². The van der Waals surface area contributed by atoms with Gasteiger partial charge < -0.3 is 10.1 Å². The van der Waals surface area contributed by atoms with E-state index in [-0.39, 0.29) is 19.7 Å². The van der Waals surface area contributed by atoms with E-state index in [0.29, 0.717) is 5.56 Å². The van der Waals surface area contributed by atoms with Crippen molar-refractivity contribution >= 4 is 38.5 Å². The molecule has 0 amide bonds. The SMILES string of the molecule is O=c1[nH]c(-c2ccc(F)c(Br)c2)nc(O)c1I. The molecular formula is C10H5BrFIN2O2. The predicted molar refractivity (Wildman–Crippen MR) is 72.3 cm³/mol. The molecule has 88 valence electrons. The molecule has 0 atom stereocenters. The fraction of sp³-hybridized carbons (Fsp3) is 0. The van der Waals surface area contributed by atoms with Crippen molar-refractivity contribution in [3.05, 3.63) is 42.4 Å². The molecule has 0 saturated carbocycles. The standard InChI is InChI=1S/C10H5BrFIN2O2/c11-5-3-4(1-2-6(5)12)8-14-9(16)7(13)10(17)15-8/h1-3H,(H2,14,15,16,17). The van der Waals surface area contributed by atoms with Crippen LogP contribution in [0.1, 0.15) is 0 Å². The number of aromatic nitrogens is 2. The first-order valence-electron chi connectivity index (χ1n) is 4.43. The Balaban J connectivity index is 2.61. The van der Waals surface area contributed by atoms with Crippen LogP contribution in [0.5, 0.6) is 5.88 Å². The van der Waals surface area contributed by atoms with E-state index < -0.39 is 11.4 Å². The van der Waals surface area contributed by atoms with Crippen molar-refractivity contribution in [2.45, 2.75) is 0 Å². The number of aromatic hydroxyl groups is 1. The van der Waals surface area contributed by atoms with Crippen molar-refractivity contribution in [2.75, 3.05) is 0 Å². The van der Waals surface area contributed by atoms with Crippen molar-refractivity contribution in [3.63, 3.8) is 0 Å². The lowest BCUT2D eigenvalue weighted by molar-refractivity contribution is 0.447. The summed E-state index contributed by atoms with van der Waals surface area (Å²) in [7, 11) is 0. The van der Waals surface area contributed by atoms with Crippen LogP contribution in [-0.4, -0.2) is 15.1 Å². The lowest BCUT2D eigenvalue weighted by Gasteiger charge is -2.03. The van der Waals surface area contributed by atoms with Gasteiger partial charge in [-0.3, -0.25) is 4.79 Å². The quantitative estimate of drug-likeness (QED) is 0.710. The van der Waals surface area contributed by atoms with Crippen LogP contribution >= 0.6 is 38.5 Å². The average molecular weight is 411 g/mol. The van der Waals surface area contributed by atoms with Gasteiger partial charge in [0.05, 0.1) is 4.47 Å². The lowest BCUT2D eigenvalue weighted by atomic mass is 10.2. The number of nitrogens with zero attached hydrogens (tertiary/aromatic N) is 1. The summed E-state index contributed by atoms with van der Waals surface area (Å²) in [5, 5.41) is 9.44. The molecule has 0 fully saturated rings. The Morgan fingerprint density at radius 1 is 1.47 bits per heavy atom. The fourth-order valence-corrected chi connectivity index (χ4v) is 1.86. The Morgan fingerprint density at radius 2 is 2.18 bits per heavy atom. The topological polar surface area (TPSA) is 66.0 Å². The third-order valence-electron chi connectivity index (χ3n) is 2.04. The summed E-state index contributed by atoms with van der Waals surface area (Å²) in [5.41, 5.74) is 0.0654. The molecule has 0 aliphatic rings. The first kappa shape index (κ1) is 12.5. The highest BCUT2D eigenvalue weighted by atomic mass is 127. The highest BCUT2D eigenvalue weighted by Crippen LogP contribution is 2.23. The number of hydrogen-bond donors (Lipinski definition) is 2. The van der Waals surface area contributed by atoms with Gasteiger partial charge in [0, 0.05) is 5.56 Å². The molecule has 0 radical (unpaired) electrons. The molecule has 17 heavy (non-hydrogen) atoms. The minimum Gasteiger partial charge on any atom is -0.492 e. The zero-order chi connectivity index (χ0) is 12.6. The van der Waals surface area contributed by atoms with E-state index in [0.717, 1.165) is 0 Å². The number of halogens is 3. The fourth-order valence-electron chi connectivity index (χ4n) is 1.23. The van der Waals surface area contributed by atoms with Crippen LogP contribution < -0.4 is 5.56 Å². The molecule has 2 N–H and O–H groups in total. The van der Waals surface area contributed by atoms with Crippen molar-refractivity contribution < 1.29 is 9.50 Å². The van der Waals surface area contributed by atoms with E-state index in [4.69, 9.17) is 0 Å². The van der Waals surface area contributed by atoms with Gasteiger partial charge in [0.25, 0.3) is 5.56 Å². The number of hydrogen-bond acceptors (Lipinski definition) is 3. The van der Waals surface area contributed by atoms with E-state index in [2.05, 4.69) is 25.9 Å². The number of aromatic amines is 1. The summed E-state index contributed by atoms with van der Waals surface area (Å²) < 4.78 is 13.4. The van der Waals surface area contributed by atoms with Crippen LogP contribution in [0.25, 0.3) is 11.4 Å². The first-order chi connectivity index (χ1) is 7.99. The molecule has 2 aromatic rings. The normalized spacial score (nSPS) is 10.5. The zero-order valence-electron chi connectivity index (χ0n) is 8.17. The summed E-state index contributed by atoms with van der Waals surface area (Å²) in [4.78, 5) is 17.8. The van der Waals surface area contributed by atoms with Gasteiger partial charge in [-0.05, 0) is 56.7 Å². The van der Waals surface area contributed by atoms with E-state index in [9.17, 15) is 14.3 Å². The third-order valence-corrected chi connectivity index (χ3v) is 3.62. The van der Waals surface area contributed by atoms with Crippen LogP contribution in [0.3, 0.4) is 0 Å². The zero-order valence-corrected chi connectivity index (χ0v) is 11.9. The van der Waals surface area contributed by atoms with E-state index in [1.807, 2.05) is 0 Å². The molecule has 0 aliphatic heterocycles. The maximum Gasteiger partial charge on any atom is 0.268 e. The number of H-pyrrole nitrogens is 1. The van der Waals surface area contributed by atoms with E-state index in [1.54, 1.807) is 22.6 Å². The maximum atomic E-state index is 13.0. The Hall–Kier alpha value is -0.960. The van der Waals surface area contributed by atoms with E-state index in [1.165, 1.54) is 18.2 Å². The molecule has 2 rings (SSSR count). The maximum absolute atomic E-state index is 13.0. The largest absolute Gasteiger partial charge is 0.492 e. The second-order valence-electron chi connectivity index (χ2n) is 3.18. The van der Waals surface area contributed by atoms with Gasteiger partial charge in [-0.1, -0.05) is 0 Å². The second kappa shape index (κ2) is 4.73. The number of rotatable bonds is 1. The van der Waals surface area contributed by atoms with Gasteiger partial charge in [0.2, 0.25) is 5.88 Å². The summed E-state index contributed by atoms with van der Waals surface area (Å²) in [6.45, 7) is 0. The Labute approximate surface area is 117 Å². The highest BCUT2D eigenvalue weighted by molar-refractivity contribution is 14.1.